The number of halogens is 4. The predicted octanol–water partition coefficient (Wildman–Crippen LogP) is 5.30. The van der Waals surface area contributed by atoms with Crippen LogP contribution in [0, 0.1) is 11.6 Å². The molecule has 0 aliphatic carbocycles. The summed E-state index contributed by atoms with van der Waals surface area (Å²) in [5.74, 6) is -2.46. The minimum absolute atomic E-state index is 0.0400. The minimum atomic E-state index is -0.851. The summed E-state index contributed by atoms with van der Waals surface area (Å²) in [4.78, 5) is 16.9. The molecule has 4 rings (SSSR count). The molecule has 0 unspecified atom stereocenters. The Balaban J connectivity index is 1.68. The Morgan fingerprint density at radius 3 is 2.74 bits per heavy atom. The molecule has 0 atom stereocenters. The number of benzene rings is 2. The lowest BCUT2D eigenvalue weighted by Crippen LogP contribution is -2.15. The average molecular weight is 425 g/mol. The van der Waals surface area contributed by atoms with Gasteiger partial charge in [-0.1, -0.05) is 23.2 Å². The van der Waals surface area contributed by atoms with E-state index in [4.69, 9.17) is 23.2 Å². The second kappa shape index (κ2) is 6.88. The molecular formula is C17H8Cl2F2N4OS. The lowest BCUT2D eigenvalue weighted by atomic mass is 10.2. The van der Waals surface area contributed by atoms with Crippen LogP contribution in [0.5, 0.6) is 0 Å². The Labute approximate surface area is 165 Å². The van der Waals surface area contributed by atoms with Crippen LogP contribution in [0.15, 0.2) is 41.8 Å². The van der Waals surface area contributed by atoms with Crippen LogP contribution in [0.3, 0.4) is 0 Å². The number of aromatic nitrogens is 3. The SMILES string of the molecule is O=C(Nc1nc2scc(-c3ccc(Cl)cc3Cl)n2n1)c1cc(F)ccc1F. The number of anilines is 1. The normalized spacial score (nSPS) is 11.1. The largest absolute Gasteiger partial charge is 0.289 e. The second-order valence-corrected chi connectivity index (χ2v) is 7.13. The van der Waals surface area contributed by atoms with Crippen molar-refractivity contribution in [2.45, 2.75) is 0 Å². The molecule has 0 radical (unpaired) electrons. The smallest absolute Gasteiger partial charge is 0.261 e. The molecule has 2 aromatic heterocycles. The summed E-state index contributed by atoms with van der Waals surface area (Å²) >= 11 is 13.4. The van der Waals surface area contributed by atoms with Crippen LogP contribution in [0.25, 0.3) is 16.2 Å². The molecule has 1 amide bonds. The van der Waals surface area contributed by atoms with Crippen molar-refractivity contribution in [2.24, 2.45) is 0 Å². The van der Waals surface area contributed by atoms with Crippen LogP contribution in [-0.4, -0.2) is 20.5 Å². The Hall–Kier alpha value is -2.55. The van der Waals surface area contributed by atoms with Crippen LogP contribution in [0.2, 0.25) is 10.0 Å². The monoisotopic (exact) mass is 424 g/mol. The summed E-state index contributed by atoms with van der Waals surface area (Å²) in [5, 5.41) is 9.32. The van der Waals surface area contributed by atoms with Gasteiger partial charge in [0.05, 0.1) is 16.3 Å². The molecule has 136 valence electrons. The summed E-state index contributed by atoms with van der Waals surface area (Å²) in [6.45, 7) is 0. The fraction of sp³-hybridized carbons (Fsp3) is 0. The van der Waals surface area contributed by atoms with Gasteiger partial charge in [-0.05, 0) is 36.4 Å². The first-order valence-corrected chi connectivity index (χ1v) is 9.12. The first-order chi connectivity index (χ1) is 12.9. The number of fused-ring (bicyclic) bond motifs is 1. The fourth-order valence-electron chi connectivity index (χ4n) is 2.46. The molecule has 4 aromatic rings. The van der Waals surface area contributed by atoms with Crippen LogP contribution in [0.4, 0.5) is 14.7 Å². The molecule has 0 spiro atoms. The summed E-state index contributed by atoms with van der Waals surface area (Å²) in [7, 11) is 0. The molecule has 10 heteroatoms. The first-order valence-electron chi connectivity index (χ1n) is 7.48. The molecular weight excluding hydrogens is 417 g/mol. The summed E-state index contributed by atoms with van der Waals surface area (Å²) in [6.07, 6.45) is 0. The number of hydrogen-bond donors (Lipinski definition) is 1. The van der Waals surface area contributed by atoms with Gasteiger partial charge in [0.2, 0.25) is 4.96 Å². The molecule has 5 nitrogen and oxygen atoms in total. The molecule has 0 fully saturated rings. The van der Waals surface area contributed by atoms with Crippen molar-refractivity contribution in [3.63, 3.8) is 0 Å². The van der Waals surface area contributed by atoms with Gasteiger partial charge in [-0.2, -0.15) is 4.98 Å². The zero-order chi connectivity index (χ0) is 19.1. The highest BCUT2D eigenvalue weighted by Crippen LogP contribution is 2.33. The molecule has 0 saturated heterocycles. The van der Waals surface area contributed by atoms with Gasteiger partial charge >= 0.3 is 0 Å². The van der Waals surface area contributed by atoms with Crippen LogP contribution in [-0.2, 0) is 0 Å². The summed E-state index contributed by atoms with van der Waals surface area (Å²) in [5.41, 5.74) is 0.905. The van der Waals surface area contributed by atoms with E-state index in [1.165, 1.54) is 15.9 Å². The lowest BCUT2D eigenvalue weighted by Gasteiger charge is -2.03. The average Bonchev–Trinajstić information content (AvgIpc) is 3.17. The molecule has 2 heterocycles. The highest BCUT2D eigenvalue weighted by atomic mass is 35.5. The van der Waals surface area contributed by atoms with Crippen molar-refractivity contribution in [3.8, 4) is 11.3 Å². The molecule has 0 aliphatic rings. The van der Waals surface area contributed by atoms with Gasteiger partial charge in [0.25, 0.3) is 11.9 Å². The van der Waals surface area contributed by atoms with Gasteiger partial charge in [0.15, 0.2) is 0 Å². The topological polar surface area (TPSA) is 59.3 Å². The van der Waals surface area contributed by atoms with Gasteiger partial charge < -0.3 is 0 Å². The number of nitrogens with zero attached hydrogens (tertiary/aromatic N) is 3. The zero-order valence-corrected chi connectivity index (χ0v) is 15.5. The number of thiazole rings is 1. The Kier molecular flexibility index (Phi) is 4.55. The van der Waals surface area contributed by atoms with Crippen molar-refractivity contribution >= 4 is 51.4 Å². The number of nitrogens with one attached hydrogen (secondary N) is 1. The highest BCUT2D eigenvalue weighted by Gasteiger charge is 2.18. The first kappa shape index (κ1) is 17.8. The molecule has 0 saturated carbocycles. The van der Waals surface area contributed by atoms with Crippen molar-refractivity contribution in [2.75, 3.05) is 5.32 Å². The Bertz CT molecular complexity index is 1190. The molecule has 1 N–H and O–H groups in total. The molecule has 0 bridgehead atoms. The van der Waals surface area contributed by atoms with Crippen molar-refractivity contribution in [1.82, 2.24) is 14.6 Å². The quantitative estimate of drug-likeness (QED) is 0.485. The Morgan fingerprint density at radius 2 is 1.96 bits per heavy atom. The second-order valence-electron chi connectivity index (χ2n) is 5.45. The zero-order valence-electron chi connectivity index (χ0n) is 13.2. The third kappa shape index (κ3) is 3.39. The molecule has 27 heavy (non-hydrogen) atoms. The summed E-state index contributed by atoms with van der Waals surface area (Å²) in [6, 6.07) is 7.66. The Morgan fingerprint density at radius 1 is 1.15 bits per heavy atom. The van der Waals surface area contributed by atoms with Gasteiger partial charge in [0, 0.05) is 16.0 Å². The van der Waals surface area contributed by atoms with E-state index in [-0.39, 0.29) is 5.95 Å². The highest BCUT2D eigenvalue weighted by molar-refractivity contribution is 7.15. The van der Waals surface area contributed by atoms with Crippen molar-refractivity contribution in [3.05, 3.63) is 69.0 Å². The number of carbonyl (C=O) groups excluding carboxylic acids is 1. The lowest BCUT2D eigenvalue weighted by molar-refractivity contribution is 0.102. The van der Waals surface area contributed by atoms with Crippen molar-refractivity contribution in [1.29, 1.82) is 0 Å². The maximum atomic E-state index is 13.7. The van der Waals surface area contributed by atoms with Crippen LogP contribution >= 0.6 is 34.5 Å². The number of rotatable bonds is 3. The predicted molar refractivity (Wildman–Crippen MR) is 101 cm³/mol. The third-order valence-corrected chi connectivity index (χ3v) is 5.05. The molecule has 0 aliphatic heterocycles. The number of amides is 1. The molecule has 2 aromatic carbocycles. The third-order valence-electron chi connectivity index (χ3n) is 3.69. The van der Waals surface area contributed by atoms with E-state index in [0.717, 1.165) is 18.2 Å². The van der Waals surface area contributed by atoms with Gasteiger partial charge in [-0.15, -0.1) is 16.4 Å². The van der Waals surface area contributed by atoms with E-state index in [1.54, 1.807) is 18.2 Å². The van der Waals surface area contributed by atoms with E-state index in [1.807, 2.05) is 5.38 Å². The van der Waals surface area contributed by atoms with Crippen LogP contribution < -0.4 is 5.32 Å². The maximum Gasteiger partial charge on any atom is 0.261 e. The fourth-order valence-corrected chi connectivity index (χ4v) is 3.78. The van der Waals surface area contributed by atoms with Gasteiger partial charge in [-0.3, -0.25) is 10.1 Å². The van der Waals surface area contributed by atoms with Gasteiger partial charge in [-0.25, -0.2) is 13.3 Å². The summed E-state index contributed by atoms with van der Waals surface area (Å²) < 4.78 is 28.5. The van der Waals surface area contributed by atoms with E-state index in [2.05, 4.69) is 15.4 Å². The number of hydrogen-bond acceptors (Lipinski definition) is 4. The van der Waals surface area contributed by atoms with E-state index < -0.39 is 23.1 Å². The van der Waals surface area contributed by atoms with E-state index in [0.29, 0.717) is 26.3 Å². The van der Waals surface area contributed by atoms with E-state index >= 15 is 0 Å². The minimum Gasteiger partial charge on any atom is -0.289 e. The van der Waals surface area contributed by atoms with E-state index in [9.17, 15) is 13.6 Å². The van der Waals surface area contributed by atoms with Crippen molar-refractivity contribution < 1.29 is 13.6 Å². The maximum absolute atomic E-state index is 13.7. The number of carbonyl (C=O) groups is 1. The van der Waals surface area contributed by atoms with Gasteiger partial charge in [0.1, 0.15) is 11.6 Å². The standard InChI is InChI=1S/C17H8Cl2F2N4OS/c18-8-1-3-10(12(19)5-8)14-7-27-17-23-16(24-25(14)17)22-15(26)11-6-9(20)2-4-13(11)21/h1-7H,(H,22,24,26). The van der Waals surface area contributed by atoms with Crippen LogP contribution in [0.1, 0.15) is 10.4 Å².